The summed E-state index contributed by atoms with van der Waals surface area (Å²) in [7, 11) is 3.25. The maximum Gasteiger partial charge on any atom is 0.162 e. The maximum atomic E-state index is 14.1. The van der Waals surface area contributed by atoms with Crippen LogP contribution in [0.4, 0.5) is 0 Å². The average Bonchev–Trinajstić information content (AvgIpc) is 3.00. The van der Waals surface area contributed by atoms with Crippen LogP contribution in [0.25, 0.3) is 11.6 Å². The van der Waals surface area contributed by atoms with Crippen LogP contribution in [0.5, 0.6) is 11.5 Å². The number of benzene rings is 4. The molecule has 3 atom stereocenters. The van der Waals surface area contributed by atoms with E-state index in [1.165, 1.54) is 0 Å². The minimum atomic E-state index is -1.56. The van der Waals surface area contributed by atoms with Gasteiger partial charge in [-0.1, -0.05) is 91.0 Å². The van der Waals surface area contributed by atoms with E-state index < -0.39 is 11.5 Å². The molecular formula is C35H32O4. The summed E-state index contributed by atoms with van der Waals surface area (Å²) in [6.45, 7) is 0. The van der Waals surface area contributed by atoms with E-state index in [-0.39, 0.29) is 11.7 Å². The zero-order valence-corrected chi connectivity index (χ0v) is 22.2. The minimum Gasteiger partial charge on any atom is -0.497 e. The first-order chi connectivity index (χ1) is 19.0. The van der Waals surface area contributed by atoms with E-state index in [2.05, 4.69) is 0 Å². The van der Waals surface area contributed by atoms with Crippen LogP contribution in [0.2, 0.25) is 0 Å². The second-order valence-electron chi connectivity index (χ2n) is 9.80. The molecule has 0 heterocycles. The molecule has 0 fully saturated rings. The van der Waals surface area contributed by atoms with Crippen molar-refractivity contribution in [1.82, 2.24) is 0 Å². The Labute approximate surface area is 229 Å². The van der Waals surface area contributed by atoms with Crippen molar-refractivity contribution in [3.8, 4) is 11.5 Å². The molecule has 0 radical (unpaired) electrons. The van der Waals surface area contributed by atoms with Crippen molar-refractivity contribution in [2.24, 2.45) is 5.92 Å². The third-order valence-electron chi connectivity index (χ3n) is 7.50. The van der Waals surface area contributed by atoms with Gasteiger partial charge in [0.15, 0.2) is 5.78 Å². The summed E-state index contributed by atoms with van der Waals surface area (Å²) in [5.74, 6) is 0.322. The Morgan fingerprint density at radius 1 is 0.795 bits per heavy atom. The molecule has 4 heteroatoms. The van der Waals surface area contributed by atoms with Gasteiger partial charge in [-0.2, -0.15) is 0 Å². The van der Waals surface area contributed by atoms with Crippen LogP contribution in [0.1, 0.15) is 34.6 Å². The Bertz CT molecular complexity index is 1460. The van der Waals surface area contributed by atoms with Gasteiger partial charge in [0.25, 0.3) is 0 Å². The largest absolute Gasteiger partial charge is 0.497 e. The number of aliphatic hydroxyl groups is 1. The Kier molecular flexibility index (Phi) is 7.76. The lowest BCUT2D eigenvalue weighted by atomic mass is 9.63. The van der Waals surface area contributed by atoms with E-state index >= 15 is 0 Å². The fourth-order valence-corrected chi connectivity index (χ4v) is 5.47. The van der Waals surface area contributed by atoms with E-state index in [0.29, 0.717) is 17.7 Å². The lowest BCUT2D eigenvalue weighted by Crippen LogP contribution is -2.44. The SMILES string of the molecule is COc1ccc(C2=C[C@](O)(c3ccc(OC)cc3)[C@@H](C(=O)/C=C/c3ccccc3)[C@@H](c3ccccc3)C2)cc1. The van der Waals surface area contributed by atoms with Crippen molar-refractivity contribution in [2.45, 2.75) is 17.9 Å². The van der Waals surface area contributed by atoms with Crippen molar-refractivity contribution < 1.29 is 19.4 Å². The zero-order chi connectivity index (χ0) is 27.2. The van der Waals surface area contributed by atoms with E-state index in [9.17, 15) is 9.90 Å². The predicted molar refractivity (Wildman–Crippen MR) is 156 cm³/mol. The summed E-state index contributed by atoms with van der Waals surface area (Å²) in [5.41, 5.74) is 2.98. The summed E-state index contributed by atoms with van der Waals surface area (Å²) < 4.78 is 10.7. The molecule has 4 aromatic carbocycles. The number of carbonyl (C=O) groups is 1. The van der Waals surface area contributed by atoms with Crippen LogP contribution in [-0.2, 0) is 10.4 Å². The highest BCUT2D eigenvalue weighted by atomic mass is 16.5. The summed E-state index contributed by atoms with van der Waals surface area (Å²) in [6.07, 6.45) is 5.90. The first-order valence-corrected chi connectivity index (χ1v) is 13.1. The second kappa shape index (κ2) is 11.5. The molecule has 0 amide bonds. The van der Waals surface area contributed by atoms with Crippen molar-refractivity contribution in [2.75, 3.05) is 14.2 Å². The van der Waals surface area contributed by atoms with Crippen LogP contribution in [-0.4, -0.2) is 25.1 Å². The van der Waals surface area contributed by atoms with E-state index in [1.54, 1.807) is 20.3 Å². The van der Waals surface area contributed by atoms with Gasteiger partial charge >= 0.3 is 0 Å². The molecule has 39 heavy (non-hydrogen) atoms. The maximum absolute atomic E-state index is 14.1. The normalized spacial score (nSPS) is 20.8. The van der Waals surface area contributed by atoms with Crippen LogP contribution >= 0.6 is 0 Å². The summed E-state index contributed by atoms with van der Waals surface area (Å²) in [6, 6.07) is 34.9. The minimum absolute atomic E-state index is 0.129. The van der Waals surface area contributed by atoms with Gasteiger partial charge in [0.2, 0.25) is 0 Å². The molecule has 0 bridgehead atoms. The van der Waals surface area contributed by atoms with Gasteiger partial charge in [-0.15, -0.1) is 0 Å². The molecule has 0 aromatic heterocycles. The zero-order valence-electron chi connectivity index (χ0n) is 22.2. The molecule has 4 nitrogen and oxygen atoms in total. The van der Waals surface area contributed by atoms with Crippen LogP contribution in [0, 0.1) is 5.92 Å². The molecule has 0 saturated carbocycles. The van der Waals surface area contributed by atoms with Gasteiger partial charge < -0.3 is 14.6 Å². The summed E-state index contributed by atoms with van der Waals surface area (Å²) in [4.78, 5) is 14.1. The molecule has 4 aromatic rings. The highest BCUT2D eigenvalue weighted by molar-refractivity contribution is 5.98. The first-order valence-electron chi connectivity index (χ1n) is 13.1. The smallest absolute Gasteiger partial charge is 0.162 e. The number of hydrogen-bond donors (Lipinski definition) is 1. The molecule has 0 aliphatic heterocycles. The Balaban J connectivity index is 1.67. The molecule has 0 spiro atoms. The number of rotatable bonds is 8. The topological polar surface area (TPSA) is 55.8 Å². The highest BCUT2D eigenvalue weighted by Gasteiger charge is 2.48. The summed E-state index contributed by atoms with van der Waals surface area (Å²) in [5, 5.41) is 12.6. The van der Waals surface area contributed by atoms with Crippen LogP contribution < -0.4 is 9.47 Å². The highest BCUT2D eigenvalue weighted by Crippen LogP contribution is 2.51. The number of allylic oxidation sites excluding steroid dienone is 2. The number of hydrogen-bond acceptors (Lipinski definition) is 4. The molecule has 5 rings (SSSR count). The Morgan fingerprint density at radius 2 is 1.36 bits per heavy atom. The van der Waals surface area contributed by atoms with Crippen LogP contribution in [0.15, 0.2) is 121 Å². The second-order valence-corrected chi connectivity index (χ2v) is 9.80. The third-order valence-corrected chi connectivity index (χ3v) is 7.50. The Morgan fingerprint density at radius 3 is 1.95 bits per heavy atom. The van der Waals surface area contributed by atoms with Crippen molar-refractivity contribution in [3.05, 3.63) is 144 Å². The number of ketones is 1. The molecule has 196 valence electrons. The van der Waals surface area contributed by atoms with Crippen LogP contribution in [0.3, 0.4) is 0 Å². The van der Waals surface area contributed by atoms with Gasteiger partial charge in [0, 0.05) is 5.92 Å². The quantitative estimate of drug-likeness (QED) is 0.255. The number of methoxy groups -OCH3 is 2. The van der Waals surface area contributed by atoms with Gasteiger partial charge in [-0.05, 0) is 70.7 Å². The Hall–Kier alpha value is -4.41. The molecule has 1 aliphatic rings. The standard InChI is InChI=1S/C35H32O4/c1-38-30-18-14-26(15-19-30)28-23-32(27-11-7-4-8-12-27)34(33(36)22-13-25-9-5-3-6-10-25)35(37,24-28)29-16-20-31(39-2)21-17-29/h3-22,24,32,34,37H,23H2,1-2H3/b22-13+/t32-,34-,35+/m1/s1. The van der Waals surface area contributed by atoms with Gasteiger partial charge in [0.1, 0.15) is 17.1 Å². The molecule has 1 N–H and O–H groups in total. The summed E-state index contributed by atoms with van der Waals surface area (Å²) >= 11 is 0. The van der Waals surface area contributed by atoms with E-state index in [0.717, 1.165) is 28.0 Å². The lowest BCUT2D eigenvalue weighted by molar-refractivity contribution is -0.127. The van der Waals surface area contributed by atoms with Crippen molar-refractivity contribution >= 4 is 17.4 Å². The number of ether oxygens (including phenoxy) is 2. The fourth-order valence-electron chi connectivity index (χ4n) is 5.47. The third kappa shape index (κ3) is 5.57. The predicted octanol–water partition coefficient (Wildman–Crippen LogP) is 7.06. The number of carbonyl (C=O) groups excluding carboxylic acids is 1. The monoisotopic (exact) mass is 516 g/mol. The van der Waals surface area contributed by atoms with Crippen molar-refractivity contribution in [1.29, 1.82) is 0 Å². The van der Waals surface area contributed by atoms with Crippen molar-refractivity contribution in [3.63, 3.8) is 0 Å². The average molecular weight is 517 g/mol. The molecule has 0 unspecified atom stereocenters. The molecular weight excluding hydrogens is 484 g/mol. The lowest BCUT2D eigenvalue weighted by Gasteiger charge is -2.43. The molecule has 1 aliphatic carbocycles. The van der Waals surface area contributed by atoms with Gasteiger partial charge in [-0.3, -0.25) is 4.79 Å². The first kappa shape index (κ1) is 26.2. The van der Waals surface area contributed by atoms with Gasteiger partial charge in [-0.25, -0.2) is 0 Å². The fraction of sp³-hybridized carbons (Fsp3) is 0.171. The van der Waals surface area contributed by atoms with E-state index in [4.69, 9.17) is 9.47 Å². The van der Waals surface area contributed by atoms with Gasteiger partial charge in [0.05, 0.1) is 20.1 Å². The molecule has 0 saturated heterocycles. The van der Waals surface area contributed by atoms with E-state index in [1.807, 2.05) is 121 Å².